The van der Waals surface area contributed by atoms with E-state index in [9.17, 15) is 9.59 Å². The number of amides is 2. The van der Waals surface area contributed by atoms with Gasteiger partial charge in [0.15, 0.2) is 0 Å². The second-order valence-corrected chi connectivity index (χ2v) is 7.04. The standard InChI is InChI=1S/C17H28N2O2/c20-16-12-15(18-11-10-13-6-5-7-13)17(21)19(16)14-8-3-1-2-4-9-14/h13-15,18H,1-12H2. The number of rotatable bonds is 5. The molecule has 3 fully saturated rings. The van der Waals surface area contributed by atoms with E-state index in [2.05, 4.69) is 5.32 Å². The zero-order chi connectivity index (χ0) is 14.7. The normalized spacial score (nSPS) is 28.8. The van der Waals surface area contributed by atoms with E-state index in [1.54, 1.807) is 4.90 Å². The Labute approximate surface area is 127 Å². The first-order valence-corrected chi connectivity index (χ1v) is 8.85. The highest BCUT2D eigenvalue weighted by Crippen LogP contribution is 2.29. The molecule has 2 amide bonds. The monoisotopic (exact) mass is 292 g/mol. The van der Waals surface area contributed by atoms with Crippen molar-refractivity contribution in [3.05, 3.63) is 0 Å². The van der Waals surface area contributed by atoms with E-state index in [0.29, 0.717) is 6.42 Å². The quantitative estimate of drug-likeness (QED) is 0.626. The van der Waals surface area contributed by atoms with Crippen molar-refractivity contribution in [2.45, 2.75) is 82.7 Å². The third kappa shape index (κ3) is 3.47. The van der Waals surface area contributed by atoms with Crippen molar-refractivity contribution >= 4 is 11.8 Å². The molecular weight excluding hydrogens is 264 g/mol. The number of carbonyl (C=O) groups excluding carboxylic acids is 2. The SMILES string of the molecule is O=C1CC(NCCC2CCC2)C(=O)N1C1CCCCCC1. The molecule has 1 heterocycles. The topological polar surface area (TPSA) is 49.4 Å². The number of carbonyl (C=O) groups is 2. The fourth-order valence-electron chi connectivity index (χ4n) is 3.95. The smallest absolute Gasteiger partial charge is 0.247 e. The second-order valence-electron chi connectivity index (χ2n) is 7.04. The van der Waals surface area contributed by atoms with Crippen LogP contribution in [0.2, 0.25) is 0 Å². The van der Waals surface area contributed by atoms with E-state index in [1.165, 1.54) is 32.1 Å². The number of likely N-dealkylation sites (tertiary alicyclic amines) is 1. The van der Waals surface area contributed by atoms with Gasteiger partial charge in [0.05, 0.1) is 12.5 Å². The van der Waals surface area contributed by atoms with Crippen LogP contribution in [0.5, 0.6) is 0 Å². The number of hydrogen-bond donors (Lipinski definition) is 1. The lowest BCUT2D eigenvalue weighted by molar-refractivity contribution is -0.141. The minimum atomic E-state index is -0.249. The van der Waals surface area contributed by atoms with Gasteiger partial charge in [0, 0.05) is 6.04 Å². The first kappa shape index (κ1) is 15.0. The Balaban J connectivity index is 1.51. The molecular formula is C17H28N2O2. The van der Waals surface area contributed by atoms with Crippen molar-refractivity contribution in [3.8, 4) is 0 Å². The molecule has 1 saturated heterocycles. The van der Waals surface area contributed by atoms with Crippen LogP contribution in [0, 0.1) is 5.92 Å². The molecule has 3 rings (SSSR count). The zero-order valence-electron chi connectivity index (χ0n) is 13.0. The molecule has 21 heavy (non-hydrogen) atoms. The molecule has 1 N–H and O–H groups in total. The number of hydrogen-bond acceptors (Lipinski definition) is 3. The van der Waals surface area contributed by atoms with Gasteiger partial charge in [-0.2, -0.15) is 0 Å². The van der Waals surface area contributed by atoms with E-state index < -0.39 is 0 Å². The van der Waals surface area contributed by atoms with Gasteiger partial charge in [-0.15, -0.1) is 0 Å². The number of nitrogens with zero attached hydrogens (tertiary/aromatic N) is 1. The third-order valence-corrected chi connectivity index (χ3v) is 5.54. The predicted molar refractivity (Wildman–Crippen MR) is 81.7 cm³/mol. The van der Waals surface area contributed by atoms with E-state index in [1.807, 2.05) is 0 Å². The summed E-state index contributed by atoms with van der Waals surface area (Å²) in [6.07, 6.45) is 12.4. The molecule has 1 unspecified atom stereocenters. The van der Waals surface area contributed by atoms with Gasteiger partial charge in [0.1, 0.15) is 0 Å². The van der Waals surface area contributed by atoms with Crippen LogP contribution < -0.4 is 5.32 Å². The Hall–Kier alpha value is -0.900. The maximum Gasteiger partial charge on any atom is 0.247 e. The molecule has 0 bridgehead atoms. The minimum Gasteiger partial charge on any atom is -0.305 e. The maximum atomic E-state index is 12.5. The van der Waals surface area contributed by atoms with E-state index in [4.69, 9.17) is 0 Å². The Morgan fingerprint density at radius 3 is 2.29 bits per heavy atom. The number of imide groups is 1. The fraction of sp³-hybridized carbons (Fsp3) is 0.882. The highest BCUT2D eigenvalue weighted by molar-refractivity contribution is 6.05. The molecule has 4 heteroatoms. The third-order valence-electron chi connectivity index (χ3n) is 5.54. The first-order valence-electron chi connectivity index (χ1n) is 8.85. The molecule has 0 spiro atoms. The molecule has 4 nitrogen and oxygen atoms in total. The predicted octanol–water partition coefficient (Wildman–Crippen LogP) is 2.62. The molecule has 0 aromatic rings. The van der Waals surface area contributed by atoms with Gasteiger partial charge < -0.3 is 5.32 Å². The van der Waals surface area contributed by atoms with Crippen LogP contribution in [-0.2, 0) is 9.59 Å². The largest absolute Gasteiger partial charge is 0.305 e. The molecule has 2 aliphatic carbocycles. The second kappa shape index (κ2) is 6.91. The van der Waals surface area contributed by atoms with E-state index >= 15 is 0 Å². The summed E-state index contributed by atoms with van der Waals surface area (Å²) in [5.41, 5.74) is 0. The average Bonchev–Trinajstić information content (AvgIpc) is 2.61. The fourth-order valence-corrected chi connectivity index (χ4v) is 3.95. The van der Waals surface area contributed by atoms with Crippen molar-refractivity contribution in [2.24, 2.45) is 5.92 Å². The van der Waals surface area contributed by atoms with Crippen LogP contribution in [0.25, 0.3) is 0 Å². The Bertz CT molecular complexity index is 384. The van der Waals surface area contributed by atoms with Gasteiger partial charge in [-0.05, 0) is 31.7 Å². The summed E-state index contributed by atoms with van der Waals surface area (Å²) in [7, 11) is 0. The minimum absolute atomic E-state index is 0.0421. The molecule has 0 aromatic carbocycles. The molecule has 1 aliphatic heterocycles. The van der Waals surface area contributed by atoms with E-state index in [-0.39, 0.29) is 23.9 Å². The van der Waals surface area contributed by atoms with Crippen LogP contribution >= 0.6 is 0 Å². The van der Waals surface area contributed by atoms with Crippen molar-refractivity contribution < 1.29 is 9.59 Å². The average molecular weight is 292 g/mol. The van der Waals surface area contributed by atoms with Crippen LogP contribution in [0.4, 0.5) is 0 Å². The number of nitrogens with one attached hydrogen (secondary N) is 1. The van der Waals surface area contributed by atoms with Gasteiger partial charge in [-0.25, -0.2) is 0 Å². The van der Waals surface area contributed by atoms with Crippen molar-refractivity contribution in [3.63, 3.8) is 0 Å². The lowest BCUT2D eigenvalue weighted by Gasteiger charge is -2.27. The summed E-state index contributed by atoms with van der Waals surface area (Å²) in [5, 5.41) is 3.33. The summed E-state index contributed by atoms with van der Waals surface area (Å²) in [5.74, 6) is 0.941. The molecule has 3 aliphatic rings. The highest BCUT2D eigenvalue weighted by Gasteiger charge is 2.41. The lowest BCUT2D eigenvalue weighted by Crippen LogP contribution is -2.44. The van der Waals surface area contributed by atoms with Crippen molar-refractivity contribution in [1.82, 2.24) is 10.2 Å². The maximum absolute atomic E-state index is 12.5. The van der Waals surface area contributed by atoms with Gasteiger partial charge in [0.2, 0.25) is 11.8 Å². The summed E-state index contributed by atoms with van der Waals surface area (Å²) in [6.45, 7) is 0.882. The Morgan fingerprint density at radius 2 is 1.67 bits per heavy atom. The first-order chi connectivity index (χ1) is 10.3. The van der Waals surface area contributed by atoms with Crippen molar-refractivity contribution in [2.75, 3.05) is 6.54 Å². The van der Waals surface area contributed by atoms with Crippen LogP contribution in [-0.4, -0.2) is 35.3 Å². The molecule has 1 atom stereocenters. The van der Waals surface area contributed by atoms with Crippen LogP contribution in [0.15, 0.2) is 0 Å². The van der Waals surface area contributed by atoms with Crippen LogP contribution in [0.3, 0.4) is 0 Å². The molecule has 0 aromatic heterocycles. The summed E-state index contributed by atoms with van der Waals surface area (Å²) >= 11 is 0. The lowest BCUT2D eigenvalue weighted by atomic mass is 9.83. The molecule has 118 valence electrons. The van der Waals surface area contributed by atoms with Gasteiger partial charge >= 0.3 is 0 Å². The van der Waals surface area contributed by atoms with Crippen molar-refractivity contribution in [1.29, 1.82) is 0 Å². The highest BCUT2D eigenvalue weighted by atomic mass is 16.2. The summed E-state index contributed by atoms with van der Waals surface area (Å²) in [6, 6.07) is -0.0771. The zero-order valence-corrected chi connectivity index (χ0v) is 13.0. The Morgan fingerprint density at radius 1 is 0.952 bits per heavy atom. The summed E-state index contributed by atoms with van der Waals surface area (Å²) in [4.78, 5) is 26.4. The van der Waals surface area contributed by atoms with Gasteiger partial charge in [0.25, 0.3) is 0 Å². The van der Waals surface area contributed by atoms with Gasteiger partial charge in [-0.3, -0.25) is 14.5 Å². The summed E-state index contributed by atoms with van der Waals surface area (Å²) < 4.78 is 0. The molecule has 0 radical (unpaired) electrons. The van der Waals surface area contributed by atoms with Gasteiger partial charge in [-0.1, -0.05) is 44.9 Å². The van der Waals surface area contributed by atoms with E-state index in [0.717, 1.165) is 44.6 Å². The van der Waals surface area contributed by atoms with Crippen LogP contribution in [0.1, 0.15) is 70.6 Å². The molecule has 2 saturated carbocycles. The Kier molecular flexibility index (Phi) is 4.94.